The molecule has 4 rings (SSSR count). The maximum absolute atomic E-state index is 13.0. The Morgan fingerprint density at radius 2 is 1.94 bits per heavy atom. The third-order valence-corrected chi connectivity index (χ3v) is 7.33. The maximum Gasteiger partial charge on any atom is 0.238 e. The Labute approximate surface area is 206 Å². The molecule has 2 heterocycles. The molecule has 0 aliphatic carbocycles. The highest BCUT2D eigenvalue weighted by atomic mass is 32.2. The van der Waals surface area contributed by atoms with E-state index in [1.54, 1.807) is 14.2 Å². The number of carbonyl (C=O) groups excluding carboxylic acids is 1. The van der Waals surface area contributed by atoms with Crippen molar-refractivity contribution in [2.75, 3.05) is 19.5 Å². The molecule has 172 valence electrons. The number of ether oxygens (including phenoxy) is 2. The van der Waals surface area contributed by atoms with Crippen molar-refractivity contribution in [1.29, 1.82) is 5.26 Å². The number of methoxy groups -OCH3 is 2. The summed E-state index contributed by atoms with van der Waals surface area (Å²) in [6.07, 6.45) is 0. The van der Waals surface area contributed by atoms with Crippen LogP contribution < -0.4 is 14.8 Å². The molecule has 6 nitrogen and oxygen atoms in total. The molecule has 34 heavy (non-hydrogen) atoms. The number of rotatable bonds is 7. The minimum absolute atomic E-state index is 0.191. The molecule has 2 aromatic heterocycles. The van der Waals surface area contributed by atoms with E-state index in [-0.39, 0.29) is 5.91 Å². The second-order valence-corrected chi connectivity index (χ2v) is 9.82. The van der Waals surface area contributed by atoms with E-state index in [1.807, 2.05) is 67.8 Å². The number of amides is 1. The summed E-state index contributed by atoms with van der Waals surface area (Å²) in [5.74, 6) is 1.25. The van der Waals surface area contributed by atoms with Gasteiger partial charge in [-0.05, 0) is 49.2 Å². The molecular weight excluding hydrogens is 466 g/mol. The molecular formula is C26H23N3O3S2. The maximum atomic E-state index is 13.0. The molecule has 0 saturated carbocycles. The van der Waals surface area contributed by atoms with Gasteiger partial charge in [0.2, 0.25) is 5.91 Å². The number of hydrogen-bond donors (Lipinski definition) is 1. The minimum Gasteiger partial charge on any atom is -0.497 e. The fourth-order valence-corrected chi connectivity index (χ4v) is 5.42. The molecule has 0 bridgehead atoms. The second-order valence-electron chi connectivity index (χ2n) is 7.58. The number of nitrogens with zero attached hydrogens (tertiary/aromatic N) is 2. The van der Waals surface area contributed by atoms with Crippen molar-refractivity contribution >= 4 is 44.9 Å². The Morgan fingerprint density at radius 3 is 2.62 bits per heavy atom. The van der Waals surface area contributed by atoms with Gasteiger partial charge in [-0.2, -0.15) is 5.26 Å². The number of anilines is 1. The third-order valence-electron chi connectivity index (χ3n) is 5.41. The van der Waals surface area contributed by atoms with Crippen LogP contribution in [0.1, 0.15) is 18.1 Å². The molecule has 0 saturated heterocycles. The van der Waals surface area contributed by atoms with Crippen molar-refractivity contribution in [3.63, 3.8) is 0 Å². The van der Waals surface area contributed by atoms with E-state index in [1.165, 1.54) is 23.1 Å². The summed E-state index contributed by atoms with van der Waals surface area (Å²) in [5, 5.41) is 16.5. The van der Waals surface area contributed by atoms with Gasteiger partial charge < -0.3 is 14.8 Å². The normalized spacial score (nSPS) is 11.6. The van der Waals surface area contributed by atoms with E-state index in [4.69, 9.17) is 14.5 Å². The predicted molar refractivity (Wildman–Crippen MR) is 138 cm³/mol. The average molecular weight is 490 g/mol. The number of carbonyl (C=O) groups is 1. The molecule has 0 radical (unpaired) electrons. The molecule has 0 aliphatic heterocycles. The number of para-hydroxylation sites is 1. The molecule has 0 fully saturated rings. The van der Waals surface area contributed by atoms with Crippen molar-refractivity contribution in [2.45, 2.75) is 24.1 Å². The Hall–Kier alpha value is -3.54. The fourth-order valence-electron chi connectivity index (χ4n) is 3.58. The summed E-state index contributed by atoms with van der Waals surface area (Å²) in [5.41, 5.74) is 3.96. The zero-order chi connectivity index (χ0) is 24.2. The van der Waals surface area contributed by atoms with Crippen LogP contribution in [0.5, 0.6) is 11.5 Å². The molecule has 1 atom stereocenters. The first-order chi connectivity index (χ1) is 16.4. The fraction of sp³-hybridized carbons (Fsp3) is 0.192. The molecule has 1 N–H and O–H groups in total. The number of benzene rings is 2. The number of fused-ring (bicyclic) bond motifs is 1. The number of nitriles is 1. The van der Waals surface area contributed by atoms with Crippen molar-refractivity contribution < 1.29 is 14.3 Å². The van der Waals surface area contributed by atoms with E-state index in [0.717, 1.165) is 38.4 Å². The van der Waals surface area contributed by atoms with Crippen molar-refractivity contribution in [2.24, 2.45) is 0 Å². The van der Waals surface area contributed by atoms with Crippen LogP contribution in [-0.2, 0) is 4.79 Å². The quantitative estimate of drug-likeness (QED) is 0.308. The number of thiophene rings is 1. The van der Waals surface area contributed by atoms with Gasteiger partial charge in [0.15, 0.2) is 0 Å². The molecule has 4 aromatic rings. The first-order valence-corrected chi connectivity index (χ1v) is 12.3. The minimum atomic E-state index is -0.419. The average Bonchev–Trinajstić information content (AvgIpc) is 3.26. The van der Waals surface area contributed by atoms with Gasteiger partial charge in [0, 0.05) is 16.3 Å². The van der Waals surface area contributed by atoms with E-state index in [0.29, 0.717) is 16.3 Å². The highest BCUT2D eigenvalue weighted by Crippen LogP contribution is 2.37. The van der Waals surface area contributed by atoms with Crippen LogP contribution in [-0.4, -0.2) is 30.4 Å². The third kappa shape index (κ3) is 4.72. The van der Waals surface area contributed by atoms with Crippen LogP contribution in [0.25, 0.3) is 22.0 Å². The van der Waals surface area contributed by atoms with Gasteiger partial charge in [0.1, 0.15) is 28.1 Å². The lowest BCUT2D eigenvalue weighted by Crippen LogP contribution is -2.22. The van der Waals surface area contributed by atoms with Gasteiger partial charge in [-0.3, -0.25) is 4.79 Å². The van der Waals surface area contributed by atoms with Gasteiger partial charge in [-0.1, -0.05) is 36.0 Å². The van der Waals surface area contributed by atoms with Crippen LogP contribution in [0, 0.1) is 18.3 Å². The first kappa shape index (κ1) is 23.6. The van der Waals surface area contributed by atoms with Crippen molar-refractivity contribution in [1.82, 2.24) is 4.98 Å². The summed E-state index contributed by atoms with van der Waals surface area (Å²) in [7, 11) is 3.23. The number of nitrogens with one attached hydrogen (secondary N) is 1. The Kier molecular flexibility index (Phi) is 7.06. The van der Waals surface area contributed by atoms with Gasteiger partial charge in [-0.15, -0.1) is 11.3 Å². The number of hydrogen-bond acceptors (Lipinski definition) is 7. The molecule has 2 aromatic carbocycles. The molecule has 0 aliphatic rings. The largest absolute Gasteiger partial charge is 0.497 e. The summed E-state index contributed by atoms with van der Waals surface area (Å²) in [4.78, 5) is 17.7. The lowest BCUT2D eigenvalue weighted by atomic mass is 10.0. The predicted octanol–water partition coefficient (Wildman–Crippen LogP) is 6.28. The first-order valence-electron chi connectivity index (χ1n) is 10.5. The van der Waals surface area contributed by atoms with E-state index < -0.39 is 5.25 Å². The van der Waals surface area contributed by atoms with Gasteiger partial charge in [0.25, 0.3) is 0 Å². The molecule has 0 spiro atoms. The number of thioether (sulfide) groups is 1. The summed E-state index contributed by atoms with van der Waals surface area (Å²) in [6, 6.07) is 17.5. The van der Waals surface area contributed by atoms with E-state index >= 15 is 0 Å². The Morgan fingerprint density at radius 1 is 1.18 bits per heavy atom. The van der Waals surface area contributed by atoms with Crippen LogP contribution in [0.4, 0.5) is 5.00 Å². The number of aryl methyl sites for hydroxylation is 1. The van der Waals surface area contributed by atoms with Gasteiger partial charge >= 0.3 is 0 Å². The number of pyridine rings is 1. The topological polar surface area (TPSA) is 84.2 Å². The van der Waals surface area contributed by atoms with Crippen LogP contribution >= 0.6 is 23.1 Å². The van der Waals surface area contributed by atoms with Crippen LogP contribution in [0.2, 0.25) is 0 Å². The summed E-state index contributed by atoms with van der Waals surface area (Å²) in [6.45, 7) is 3.84. The SMILES string of the molecule is COc1ccc(-c2csc(NC(=O)C(C)Sc3cc(C)c4cccc(OC)c4n3)c2C#N)cc1. The summed E-state index contributed by atoms with van der Waals surface area (Å²) >= 11 is 2.71. The second kappa shape index (κ2) is 10.2. The molecule has 8 heteroatoms. The Bertz CT molecular complexity index is 1390. The van der Waals surface area contributed by atoms with E-state index in [2.05, 4.69) is 11.4 Å². The summed E-state index contributed by atoms with van der Waals surface area (Å²) < 4.78 is 10.7. The zero-order valence-corrected chi connectivity index (χ0v) is 20.8. The standard InChI is InChI=1S/C26H23N3O3S2/c1-15-12-23(28-24-19(15)6-5-7-22(24)32-4)34-16(2)25(30)29-26-20(13-27)21(14-33-26)17-8-10-18(31-3)11-9-17/h5-12,14,16H,1-4H3,(H,29,30). The highest BCUT2D eigenvalue weighted by Gasteiger charge is 2.21. The smallest absolute Gasteiger partial charge is 0.238 e. The zero-order valence-electron chi connectivity index (χ0n) is 19.2. The lowest BCUT2D eigenvalue weighted by molar-refractivity contribution is -0.115. The highest BCUT2D eigenvalue weighted by molar-refractivity contribution is 8.00. The molecule has 1 unspecified atom stereocenters. The van der Waals surface area contributed by atoms with E-state index in [9.17, 15) is 10.1 Å². The monoisotopic (exact) mass is 489 g/mol. The molecule has 1 amide bonds. The van der Waals surface area contributed by atoms with Crippen LogP contribution in [0.15, 0.2) is 58.9 Å². The van der Waals surface area contributed by atoms with Gasteiger partial charge in [0.05, 0.1) is 30.1 Å². The van der Waals surface area contributed by atoms with Gasteiger partial charge in [-0.25, -0.2) is 4.98 Å². The van der Waals surface area contributed by atoms with Crippen molar-refractivity contribution in [3.8, 4) is 28.7 Å². The Balaban J connectivity index is 1.53. The van der Waals surface area contributed by atoms with Crippen molar-refractivity contribution in [3.05, 3.63) is 65.0 Å². The lowest BCUT2D eigenvalue weighted by Gasteiger charge is -2.13. The number of aromatic nitrogens is 1. The van der Waals surface area contributed by atoms with Crippen LogP contribution in [0.3, 0.4) is 0 Å².